The third kappa shape index (κ3) is 7.33. The first kappa shape index (κ1) is 20.5. The minimum Gasteiger partial charge on any atom is -0.507 e. The fraction of sp³-hybridized carbons (Fsp3) is 0.700. The first-order valence-corrected chi connectivity index (χ1v) is 9.49. The second kappa shape index (κ2) is 11.9. The molecule has 0 aliphatic heterocycles. The predicted molar refractivity (Wildman–Crippen MR) is 96.8 cm³/mol. The molecule has 0 unspecified atom stereocenters. The molecule has 0 amide bonds. The fourth-order valence-electron chi connectivity index (χ4n) is 2.83. The molecule has 24 heavy (non-hydrogen) atoms. The quantitative estimate of drug-likeness (QED) is 0.387. The second-order valence-electron chi connectivity index (χ2n) is 6.51. The smallest absolute Gasteiger partial charge is 0.350 e. The molecule has 1 rings (SSSR count). The van der Waals surface area contributed by atoms with Gasteiger partial charge >= 0.3 is 5.63 Å². The van der Waals surface area contributed by atoms with Gasteiger partial charge in [0.1, 0.15) is 17.1 Å². The molecule has 1 N–H and O–H groups in total. The summed E-state index contributed by atoms with van der Waals surface area (Å²) in [5.41, 5.74) is -0.877. The van der Waals surface area contributed by atoms with E-state index >= 15 is 0 Å². The zero-order valence-electron chi connectivity index (χ0n) is 15.2. The van der Waals surface area contributed by atoms with Gasteiger partial charge in [-0.15, -0.1) is 0 Å². The maximum absolute atomic E-state index is 12.2. The second-order valence-corrected chi connectivity index (χ2v) is 6.51. The van der Waals surface area contributed by atoms with Gasteiger partial charge in [0.15, 0.2) is 5.78 Å². The van der Waals surface area contributed by atoms with E-state index in [9.17, 15) is 14.7 Å². The van der Waals surface area contributed by atoms with Crippen molar-refractivity contribution in [3.05, 3.63) is 27.8 Å². The highest BCUT2D eigenvalue weighted by molar-refractivity contribution is 5.97. The summed E-state index contributed by atoms with van der Waals surface area (Å²) in [5.74, 6) is -0.0771. The minimum absolute atomic E-state index is 0.180. The third-order valence-electron chi connectivity index (χ3n) is 4.29. The van der Waals surface area contributed by atoms with Crippen molar-refractivity contribution in [1.82, 2.24) is 0 Å². The van der Waals surface area contributed by atoms with Crippen molar-refractivity contribution in [2.45, 2.75) is 90.9 Å². The Morgan fingerprint density at radius 2 is 1.54 bits per heavy atom. The van der Waals surface area contributed by atoms with Gasteiger partial charge in [-0.05, 0) is 12.8 Å². The molecule has 0 bridgehead atoms. The number of carbonyl (C=O) groups is 1. The van der Waals surface area contributed by atoms with E-state index in [1.165, 1.54) is 25.3 Å². The molecule has 136 valence electrons. The molecular weight excluding hydrogens is 304 g/mol. The van der Waals surface area contributed by atoms with Crippen LogP contribution in [-0.4, -0.2) is 10.9 Å². The van der Waals surface area contributed by atoms with E-state index in [2.05, 4.69) is 13.8 Å². The van der Waals surface area contributed by atoms with Crippen LogP contribution in [0.5, 0.6) is 5.75 Å². The molecule has 1 aromatic heterocycles. The lowest BCUT2D eigenvalue weighted by Gasteiger charge is -2.05. The fourth-order valence-corrected chi connectivity index (χ4v) is 2.83. The highest BCUT2D eigenvalue weighted by Gasteiger charge is 2.18. The van der Waals surface area contributed by atoms with Crippen LogP contribution in [0.3, 0.4) is 0 Å². The lowest BCUT2D eigenvalue weighted by Crippen LogP contribution is -2.15. The zero-order chi connectivity index (χ0) is 17.8. The van der Waals surface area contributed by atoms with Crippen molar-refractivity contribution in [2.75, 3.05) is 0 Å². The van der Waals surface area contributed by atoms with Crippen LogP contribution in [0, 0.1) is 0 Å². The molecule has 0 aliphatic rings. The highest BCUT2D eigenvalue weighted by Crippen LogP contribution is 2.19. The number of hydrogen-bond donors (Lipinski definition) is 1. The van der Waals surface area contributed by atoms with E-state index in [1.54, 1.807) is 0 Å². The largest absolute Gasteiger partial charge is 0.507 e. The van der Waals surface area contributed by atoms with Crippen LogP contribution < -0.4 is 5.63 Å². The van der Waals surface area contributed by atoms with Crippen molar-refractivity contribution in [1.29, 1.82) is 0 Å². The van der Waals surface area contributed by atoms with E-state index in [0.717, 1.165) is 44.9 Å². The van der Waals surface area contributed by atoms with Crippen LogP contribution in [0.1, 0.15) is 101 Å². The normalized spacial score (nSPS) is 10.9. The summed E-state index contributed by atoms with van der Waals surface area (Å²) in [7, 11) is 0. The van der Waals surface area contributed by atoms with E-state index < -0.39 is 5.63 Å². The number of Topliss-reactive ketones (excluding diaryl/α,β-unsaturated/α-hetero) is 1. The monoisotopic (exact) mass is 336 g/mol. The summed E-state index contributed by atoms with van der Waals surface area (Å²) in [6.45, 7) is 4.30. The van der Waals surface area contributed by atoms with Gasteiger partial charge in [0.2, 0.25) is 0 Å². The van der Waals surface area contributed by atoms with E-state index in [4.69, 9.17) is 4.42 Å². The number of aryl methyl sites for hydroxylation is 1. The Labute approximate surface area is 145 Å². The van der Waals surface area contributed by atoms with Gasteiger partial charge in [-0.3, -0.25) is 4.79 Å². The zero-order valence-corrected chi connectivity index (χ0v) is 15.2. The third-order valence-corrected chi connectivity index (χ3v) is 4.29. The van der Waals surface area contributed by atoms with Crippen LogP contribution in [-0.2, 0) is 6.42 Å². The Kier molecular flexibility index (Phi) is 10.1. The highest BCUT2D eigenvalue weighted by atomic mass is 16.4. The summed E-state index contributed by atoms with van der Waals surface area (Å²) in [6, 6.07) is 1.43. The van der Waals surface area contributed by atoms with Crippen molar-refractivity contribution in [3.63, 3.8) is 0 Å². The van der Waals surface area contributed by atoms with Gasteiger partial charge in [-0.1, -0.05) is 65.2 Å². The van der Waals surface area contributed by atoms with Gasteiger partial charge in [0.25, 0.3) is 0 Å². The van der Waals surface area contributed by atoms with Gasteiger partial charge < -0.3 is 9.52 Å². The molecule has 0 aromatic carbocycles. The van der Waals surface area contributed by atoms with E-state index in [-0.39, 0.29) is 17.1 Å². The molecular formula is C20H32O4. The summed E-state index contributed by atoms with van der Waals surface area (Å²) in [6.07, 6.45) is 11.6. The van der Waals surface area contributed by atoms with Crippen LogP contribution in [0.25, 0.3) is 0 Å². The molecule has 0 aliphatic carbocycles. The van der Waals surface area contributed by atoms with Gasteiger partial charge in [-0.2, -0.15) is 0 Å². The molecule has 0 radical (unpaired) electrons. The molecule has 0 atom stereocenters. The summed E-state index contributed by atoms with van der Waals surface area (Å²) in [5, 5.41) is 10.0. The van der Waals surface area contributed by atoms with Gasteiger partial charge in [0.05, 0.1) is 0 Å². The van der Waals surface area contributed by atoms with Crippen molar-refractivity contribution >= 4 is 5.78 Å². The molecule has 4 heteroatoms. The van der Waals surface area contributed by atoms with Gasteiger partial charge in [-0.25, -0.2) is 4.79 Å². The maximum atomic E-state index is 12.2. The molecule has 1 aromatic rings. The van der Waals surface area contributed by atoms with Crippen LogP contribution in [0.4, 0.5) is 0 Å². The Hall–Kier alpha value is -1.58. The van der Waals surface area contributed by atoms with Gasteiger partial charge in [0, 0.05) is 18.9 Å². The molecule has 1 heterocycles. The first-order valence-electron chi connectivity index (χ1n) is 9.49. The average molecular weight is 336 g/mol. The van der Waals surface area contributed by atoms with Crippen LogP contribution in [0.2, 0.25) is 0 Å². The number of ketones is 1. The number of carbonyl (C=O) groups excluding carboxylic acids is 1. The lowest BCUT2D eigenvalue weighted by atomic mass is 10.0. The standard InChI is InChI=1S/C20H32O4/c1-3-5-7-9-10-12-14-17(21)19-18(22)15-16(24-20(19)23)13-11-8-6-4-2/h15,22H,3-14H2,1-2H3. The number of hydrogen-bond acceptors (Lipinski definition) is 4. The SMILES string of the molecule is CCCCCCCCC(=O)c1c(O)cc(CCCCCC)oc1=O. The van der Waals surface area contributed by atoms with Crippen molar-refractivity contribution in [3.8, 4) is 5.75 Å². The van der Waals surface area contributed by atoms with Crippen molar-refractivity contribution in [2.24, 2.45) is 0 Å². The predicted octanol–water partition coefficient (Wildman–Crippen LogP) is 5.40. The number of unbranched alkanes of at least 4 members (excludes halogenated alkanes) is 8. The summed E-state index contributed by atoms with van der Waals surface area (Å²) < 4.78 is 5.21. The minimum atomic E-state index is -0.698. The maximum Gasteiger partial charge on any atom is 0.350 e. The first-order chi connectivity index (χ1) is 11.6. The Balaban J connectivity index is 2.52. The summed E-state index contributed by atoms with van der Waals surface area (Å²) >= 11 is 0. The molecule has 0 saturated carbocycles. The summed E-state index contributed by atoms with van der Waals surface area (Å²) in [4.78, 5) is 24.2. The number of rotatable bonds is 13. The topological polar surface area (TPSA) is 67.5 Å². The Morgan fingerprint density at radius 1 is 0.958 bits per heavy atom. The Morgan fingerprint density at radius 3 is 2.17 bits per heavy atom. The van der Waals surface area contributed by atoms with E-state index in [1.807, 2.05) is 0 Å². The average Bonchev–Trinajstić information content (AvgIpc) is 2.54. The Bertz CT molecular complexity index is 545. The van der Waals surface area contributed by atoms with Crippen LogP contribution in [0.15, 0.2) is 15.3 Å². The molecule has 0 saturated heterocycles. The van der Waals surface area contributed by atoms with Crippen molar-refractivity contribution < 1.29 is 14.3 Å². The number of aromatic hydroxyl groups is 1. The van der Waals surface area contributed by atoms with Crippen LogP contribution >= 0.6 is 0 Å². The molecule has 4 nitrogen and oxygen atoms in total. The lowest BCUT2D eigenvalue weighted by molar-refractivity contribution is 0.0971. The molecule has 0 spiro atoms. The van der Waals surface area contributed by atoms with E-state index in [0.29, 0.717) is 18.6 Å². The molecule has 0 fully saturated rings.